The molecule has 0 bridgehead atoms. The molecule has 0 heterocycles. The van der Waals surface area contributed by atoms with E-state index >= 15 is 0 Å². The van der Waals surface area contributed by atoms with Crippen LogP contribution in [0.2, 0.25) is 5.02 Å². The molecule has 1 atom stereocenters. The van der Waals surface area contributed by atoms with Gasteiger partial charge in [-0.2, -0.15) is 0 Å². The second-order valence-corrected chi connectivity index (χ2v) is 4.78. The van der Waals surface area contributed by atoms with Gasteiger partial charge in [-0.3, -0.25) is 0 Å². The summed E-state index contributed by atoms with van der Waals surface area (Å²) in [7, 11) is 0. The largest absolute Gasteiger partial charge is 0.493 e. The van der Waals surface area contributed by atoms with E-state index in [1.807, 2.05) is 12.1 Å². The van der Waals surface area contributed by atoms with Crippen molar-refractivity contribution in [2.75, 3.05) is 6.61 Å². The Morgan fingerprint density at radius 1 is 1.39 bits per heavy atom. The molecule has 0 aliphatic carbocycles. The lowest BCUT2D eigenvalue weighted by molar-refractivity contribution is 0.190. The molecule has 1 aromatic rings. The van der Waals surface area contributed by atoms with Crippen molar-refractivity contribution in [2.24, 2.45) is 0 Å². The third-order valence-electron chi connectivity index (χ3n) is 2.73. The predicted molar refractivity (Wildman–Crippen MR) is 76.2 cm³/mol. The fraction of sp³-hybridized carbons (Fsp3) is 0.467. The molecule has 1 aromatic carbocycles. The summed E-state index contributed by atoms with van der Waals surface area (Å²) >= 11 is 5.90. The first-order valence-electron chi connectivity index (χ1n) is 6.36. The highest BCUT2D eigenvalue weighted by Crippen LogP contribution is 2.28. The number of hydrogen-bond donors (Lipinski definition) is 1. The van der Waals surface area contributed by atoms with E-state index in [2.05, 4.69) is 6.58 Å². The number of halogens is 1. The minimum Gasteiger partial charge on any atom is -0.493 e. The molecule has 2 nitrogen and oxygen atoms in total. The van der Waals surface area contributed by atoms with Gasteiger partial charge in [-0.05, 0) is 50.8 Å². The quantitative estimate of drug-likeness (QED) is 0.555. The third kappa shape index (κ3) is 5.11. The normalized spacial score (nSPS) is 12.2. The van der Waals surface area contributed by atoms with E-state index in [1.165, 1.54) is 0 Å². The third-order valence-corrected chi connectivity index (χ3v) is 2.97. The average Bonchev–Trinajstić information content (AvgIpc) is 2.35. The molecule has 0 aromatic heterocycles. The smallest absolute Gasteiger partial charge is 0.125 e. The number of benzene rings is 1. The van der Waals surface area contributed by atoms with Crippen LogP contribution in [0.4, 0.5) is 0 Å². The van der Waals surface area contributed by atoms with E-state index < -0.39 is 6.10 Å². The molecule has 100 valence electrons. The molecule has 0 aliphatic heterocycles. The molecule has 1 unspecified atom stereocenters. The van der Waals surface area contributed by atoms with E-state index in [9.17, 15) is 5.11 Å². The van der Waals surface area contributed by atoms with Gasteiger partial charge in [-0.15, -0.1) is 6.58 Å². The summed E-state index contributed by atoms with van der Waals surface area (Å²) in [6.07, 6.45) is 5.71. The van der Waals surface area contributed by atoms with Crippen LogP contribution in [-0.4, -0.2) is 11.7 Å². The Labute approximate surface area is 114 Å². The zero-order valence-electron chi connectivity index (χ0n) is 10.9. The van der Waals surface area contributed by atoms with Gasteiger partial charge in [0.15, 0.2) is 0 Å². The minimum absolute atomic E-state index is 0.570. The van der Waals surface area contributed by atoms with Gasteiger partial charge in [0.2, 0.25) is 0 Å². The maximum Gasteiger partial charge on any atom is 0.125 e. The molecule has 0 saturated heterocycles. The van der Waals surface area contributed by atoms with Crippen molar-refractivity contribution in [2.45, 2.75) is 38.7 Å². The van der Waals surface area contributed by atoms with E-state index in [0.717, 1.165) is 37.0 Å². The number of ether oxygens (including phenoxy) is 1. The van der Waals surface area contributed by atoms with Crippen molar-refractivity contribution < 1.29 is 9.84 Å². The SMILES string of the molecule is C=CCCCCCOc1ccc(Cl)cc1C(C)O. The maximum atomic E-state index is 9.65. The van der Waals surface area contributed by atoms with Crippen molar-refractivity contribution in [3.63, 3.8) is 0 Å². The van der Waals surface area contributed by atoms with Gasteiger partial charge >= 0.3 is 0 Å². The van der Waals surface area contributed by atoms with Crippen LogP contribution in [0.5, 0.6) is 5.75 Å². The summed E-state index contributed by atoms with van der Waals surface area (Å²) in [5.41, 5.74) is 0.744. The number of unbranched alkanes of at least 4 members (excludes halogenated alkanes) is 3. The highest BCUT2D eigenvalue weighted by atomic mass is 35.5. The van der Waals surface area contributed by atoms with Gasteiger partial charge in [0.05, 0.1) is 12.7 Å². The second kappa shape index (κ2) is 8.17. The van der Waals surface area contributed by atoms with Crippen LogP contribution in [0.15, 0.2) is 30.9 Å². The lowest BCUT2D eigenvalue weighted by Gasteiger charge is -2.13. The van der Waals surface area contributed by atoms with Crippen molar-refractivity contribution in [1.29, 1.82) is 0 Å². The number of allylic oxidation sites excluding steroid dienone is 1. The van der Waals surface area contributed by atoms with E-state index in [4.69, 9.17) is 16.3 Å². The summed E-state index contributed by atoms with van der Waals surface area (Å²) in [5, 5.41) is 10.3. The molecular formula is C15H21ClO2. The lowest BCUT2D eigenvalue weighted by Crippen LogP contribution is -2.02. The minimum atomic E-state index is -0.570. The van der Waals surface area contributed by atoms with Crippen LogP contribution >= 0.6 is 11.6 Å². The number of aliphatic hydroxyl groups excluding tert-OH is 1. The summed E-state index contributed by atoms with van der Waals surface area (Å²) < 4.78 is 5.69. The van der Waals surface area contributed by atoms with Crippen LogP contribution in [-0.2, 0) is 0 Å². The maximum absolute atomic E-state index is 9.65. The Kier molecular flexibility index (Phi) is 6.84. The summed E-state index contributed by atoms with van der Waals surface area (Å²) in [4.78, 5) is 0. The molecule has 18 heavy (non-hydrogen) atoms. The number of aliphatic hydroxyl groups is 1. The van der Waals surface area contributed by atoms with Crippen molar-refractivity contribution in [1.82, 2.24) is 0 Å². The molecule has 0 aliphatic rings. The second-order valence-electron chi connectivity index (χ2n) is 4.34. The lowest BCUT2D eigenvalue weighted by atomic mass is 10.1. The average molecular weight is 269 g/mol. The van der Waals surface area contributed by atoms with Crippen molar-refractivity contribution in [3.8, 4) is 5.75 Å². The highest BCUT2D eigenvalue weighted by molar-refractivity contribution is 6.30. The summed E-state index contributed by atoms with van der Waals surface area (Å²) in [5.74, 6) is 0.720. The Balaban J connectivity index is 2.44. The van der Waals surface area contributed by atoms with Gasteiger partial charge in [-0.1, -0.05) is 17.7 Å². The van der Waals surface area contributed by atoms with E-state index in [0.29, 0.717) is 11.6 Å². The molecule has 1 N–H and O–H groups in total. The number of hydrogen-bond acceptors (Lipinski definition) is 2. The molecule has 0 saturated carbocycles. The zero-order valence-corrected chi connectivity index (χ0v) is 11.6. The fourth-order valence-corrected chi connectivity index (χ4v) is 1.91. The van der Waals surface area contributed by atoms with Gasteiger partial charge in [0.1, 0.15) is 5.75 Å². The van der Waals surface area contributed by atoms with Crippen LogP contribution < -0.4 is 4.74 Å². The van der Waals surface area contributed by atoms with Gasteiger partial charge in [0.25, 0.3) is 0 Å². The molecule has 0 radical (unpaired) electrons. The first kappa shape index (κ1) is 15.1. The van der Waals surface area contributed by atoms with Gasteiger partial charge in [0, 0.05) is 10.6 Å². The number of rotatable bonds is 8. The van der Waals surface area contributed by atoms with Gasteiger partial charge < -0.3 is 9.84 Å². The molecular weight excluding hydrogens is 248 g/mol. The first-order chi connectivity index (χ1) is 8.65. The Morgan fingerprint density at radius 2 is 2.17 bits per heavy atom. The van der Waals surface area contributed by atoms with E-state index in [1.54, 1.807) is 19.1 Å². The molecule has 1 rings (SSSR count). The Hall–Kier alpha value is -0.990. The standard InChI is InChI=1S/C15H21ClO2/c1-3-4-5-6-7-10-18-15-9-8-13(16)11-14(15)12(2)17/h3,8-9,11-12,17H,1,4-7,10H2,2H3. The Bertz CT molecular complexity index is 375. The first-order valence-corrected chi connectivity index (χ1v) is 6.74. The molecule has 0 spiro atoms. The molecule has 0 fully saturated rings. The monoisotopic (exact) mass is 268 g/mol. The van der Waals surface area contributed by atoms with Crippen LogP contribution in [0.25, 0.3) is 0 Å². The van der Waals surface area contributed by atoms with Crippen LogP contribution in [0.1, 0.15) is 44.3 Å². The van der Waals surface area contributed by atoms with Crippen molar-refractivity contribution in [3.05, 3.63) is 41.4 Å². The van der Waals surface area contributed by atoms with E-state index in [-0.39, 0.29) is 0 Å². The highest BCUT2D eigenvalue weighted by Gasteiger charge is 2.09. The predicted octanol–water partition coefficient (Wildman–Crippen LogP) is 4.52. The summed E-state index contributed by atoms with van der Waals surface area (Å²) in [6, 6.07) is 5.34. The fourth-order valence-electron chi connectivity index (χ4n) is 1.73. The zero-order chi connectivity index (χ0) is 13.4. The van der Waals surface area contributed by atoms with Gasteiger partial charge in [-0.25, -0.2) is 0 Å². The van der Waals surface area contributed by atoms with Crippen LogP contribution in [0, 0.1) is 0 Å². The Morgan fingerprint density at radius 3 is 2.83 bits per heavy atom. The van der Waals surface area contributed by atoms with Crippen molar-refractivity contribution >= 4 is 11.6 Å². The van der Waals surface area contributed by atoms with Crippen LogP contribution in [0.3, 0.4) is 0 Å². The summed E-state index contributed by atoms with van der Waals surface area (Å²) in [6.45, 7) is 6.07. The molecule has 3 heteroatoms. The molecule has 0 amide bonds. The topological polar surface area (TPSA) is 29.5 Å².